The molecular formula is C28H30N4O4S. The normalized spacial score (nSPS) is 19.8. The summed E-state index contributed by atoms with van der Waals surface area (Å²) in [6.45, 7) is 7.03. The number of thioether (sulfide) groups is 1. The Morgan fingerprint density at radius 2 is 2.03 bits per heavy atom. The Bertz CT molecular complexity index is 1360. The molecule has 3 atom stereocenters. The third-order valence-corrected chi connectivity index (χ3v) is 8.56. The third-order valence-electron chi connectivity index (χ3n) is 7.17. The fraction of sp³-hybridized carbons (Fsp3) is 0.393. The lowest BCUT2D eigenvalue weighted by Crippen LogP contribution is -2.36. The molecule has 2 aromatic carbocycles. The Labute approximate surface area is 220 Å². The van der Waals surface area contributed by atoms with Crippen molar-refractivity contribution in [3.63, 3.8) is 0 Å². The van der Waals surface area contributed by atoms with E-state index in [4.69, 9.17) is 4.52 Å². The number of nitrogens with zero attached hydrogens (tertiary/aromatic N) is 3. The molecule has 8 nitrogen and oxygen atoms in total. The van der Waals surface area contributed by atoms with E-state index in [1.54, 1.807) is 6.07 Å². The van der Waals surface area contributed by atoms with Crippen molar-refractivity contribution in [2.75, 3.05) is 18.8 Å². The molecule has 0 spiro atoms. The Hall–Kier alpha value is -3.48. The number of rotatable bonds is 7. The van der Waals surface area contributed by atoms with Crippen molar-refractivity contribution in [3.05, 3.63) is 53.2 Å². The molecule has 2 aliphatic heterocycles. The van der Waals surface area contributed by atoms with Crippen molar-refractivity contribution < 1.29 is 19.5 Å². The number of hydrogen-bond donors (Lipinski definition) is 3. The molecular weight excluding hydrogens is 488 g/mol. The molecule has 2 bridgehead atoms. The molecule has 2 fully saturated rings. The molecule has 1 amide bonds. The van der Waals surface area contributed by atoms with Crippen LogP contribution in [0.3, 0.4) is 0 Å². The molecule has 0 radical (unpaired) electrons. The standard InChI is InChI=1S/C28H30N4O4S/c1-4-30-28(35)26-25(27(36-31-26)21-10-20(15(2)3)23(33)11-24(21)34)17-7-5-16(6-8-17)22(12-29)32-13-19-9-18(32)14-37-19/h5-8,10-11,15,18-19,22,33-34H,4,9,13-14H2,1-3H3,(H,30,35). The van der Waals surface area contributed by atoms with Gasteiger partial charge < -0.3 is 20.1 Å². The smallest absolute Gasteiger partial charge is 0.274 e. The summed E-state index contributed by atoms with van der Waals surface area (Å²) < 4.78 is 5.66. The van der Waals surface area contributed by atoms with Crippen LogP contribution in [0.5, 0.6) is 11.5 Å². The number of aromatic nitrogens is 1. The molecule has 3 N–H and O–H groups in total. The molecule has 37 heavy (non-hydrogen) atoms. The molecule has 0 saturated carbocycles. The molecule has 1 aromatic heterocycles. The monoisotopic (exact) mass is 518 g/mol. The highest BCUT2D eigenvalue weighted by Crippen LogP contribution is 2.44. The fourth-order valence-corrected chi connectivity index (χ4v) is 6.75. The summed E-state index contributed by atoms with van der Waals surface area (Å²) >= 11 is 1.99. The first-order valence-corrected chi connectivity index (χ1v) is 13.6. The summed E-state index contributed by atoms with van der Waals surface area (Å²) in [6, 6.07) is 13.1. The molecule has 192 valence electrons. The van der Waals surface area contributed by atoms with E-state index < -0.39 is 0 Å². The minimum Gasteiger partial charge on any atom is -0.508 e. The second kappa shape index (κ2) is 10.1. The Kier molecular flexibility index (Phi) is 6.88. The van der Waals surface area contributed by atoms with Gasteiger partial charge in [0.2, 0.25) is 0 Å². The maximum atomic E-state index is 12.9. The fourth-order valence-electron chi connectivity index (χ4n) is 5.30. The molecule has 3 heterocycles. The van der Waals surface area contributed by atoms with E-state index in [0.717, 1.165) is 24.3 Å². The number of benzene rings is 2. The van der Waals surface area contributed by atoms with E-state index in [1.165, 1.54) is 6.07 Å². The second-order valence-electron chi connectivity index (χ2n) is 9.87. The topological polar surface area (TPSA) is 123 Å². The van der Waals surface area contributed by atoms with Gasteiger partial charge in [0.05, 0.1) is 17.2 Å². The van der Waals surface area contributed by atoms with Gasteiger partial charge in [-0.25, -0.2) is 0 Å². The number of fused-ring (bicyclic) bond motifs is 2. The first-order valence-electron chi connectivity index (χ1n) is 12.5. The van der Waals surface area contributed by atoms with Crippen LogP contribution in [0.15, 0.2) is 40.9 Å². The number of phenolic OH excluding ortho intramolecular Hbond substituents is 2. The Balaban J connectivity index is 1.57. The average molecular weight is 519 g/mol. The van der Waals surface area contributed by atoms with E-state index >= 15 is 0 Å². The average Bonchev–Trinajstić information content (AvgIpc) is 3.61. The van der Waals surface area contributed by atoms with Crippen molar-refractivity contribution in [3.8, 4) is 40.0 Å². The van der Waals surface area contributed by atoms with E-state index in [-0.39, 0.29) is 40.8 Å². The van der Waals surface area contributed by atoms with Gasteiger partial charge in [0.1, 0.15) is 17.5 Å². The van der Waals surface area contributed by atoms with Gasteiger partial charge in [-0.1, -0.05) is 43.3 Å². The van der Waals surface area contributed by atoms with Crippen LogP contribution in [0.1, 0.15) is 60.8 Å². The van der Waals surface area contributed by atoms with Gasteiger partial charge in [-0.2, -0.15) is 17.0 Å². The first kappa shape index (κ1) is 25.2. The number of hydrogen-bond acceptors (Lipinski definition) is 8. The van der Waals surface area contributed by atoms with Gasteiger partial charge >= 0.3 is 0 Å². The van der Waals surface area contributed by atoms with Crippen LogP contribution < -0.4 is 5.32 Å². The molecule has 3 aromatic rings. The summed E-state index contributed by atoms with van der Waals surface area (Å²) in [6.07, 6.45) is 1.13. The zero-order valence-electron chi connectivity index (χ0n) is 21.1. The lowest BCUT2D eigenvalue weighted by molar-refractivity contribution is 0.0947. The van der Waals surface area contributed by atoms with Crippen LogP contribution in [0.2, 0.25) is 0 Å². The van der Waals surface area contributed by atoms with Crippen LogP contribution >= 0.6 is 11.8 Å². The van der Waals surface area contributed by atoms with Crippen molar-refractivity contribution >= 4 is 17.7 Å². The van der Waals surface area contributed by atoms with Crippen LogP contribution in [0, 0.1) is 11.3 Å². The number of carbonyl (C=O) groups excluding carboxylic acids is 1. The number of aromatic hydroxyl groups is 2. The van der Waals surface area contributed by atoms with E-state index in [1.807, 2.05) is 56.8 Å². The van der Waals surface area contributed by atoms with Crippen molar-refractivity contribution in [2.24, 2.45) is 0 Å². The maximum absolute atomic E-state index is 12.9. The number of nitriles is 1. The van der Waals surface area contributed by atoms with E-state index in [0.29, 0.717) is 40.1 Å². The zero-order valence-corrected chi connectivity index (χ0v) is 21.9. The van der Waals surface area contributed by atoms with Crippen molar-refractivity contribution in [1.29, 1.82) is 5.26 Å². The van der Waals surface area contributed by atoms with Crippen molar-refractivity contribution in [1.82, 2.24) is 15.4 Å². The lowest BCUT2D eigenvalue weighted by atomic mass is 9.93. The maximum Gasteiger partial charge on any atom is 0.274 e. The minimum absolute atomic E-state index is 0.00460. The van der Waals surface area contributed by atoms with Crippen LogP contribution in [-0.2, 0) is 0 Å². The number of likely N-dealkylation sites (tertiary alicyclic amines) is 1. The number of carbonyl (C=O) groups is 1. The molecule has 2 saturated heterocycles. The quantitative estimate of drug-likeness (QED) is 0.397. The third kappa shape index (κ3) is 4.56. The summed E-state index contributed by atoms with van der Waals surface area (Å²) in [5, 5.41) is 38.4. The summed E-state index contributed by atoms with van der Waals surface area (Å²) in [5.74, 6) is 0.718. The highest BCUT2D eigenvalue weighted by molar-refractivity contribution is 8.00. The van der Waals surface area contributed by atoms with Gasteiger partial charge in [-0.05, 0) is 42.0 Å². The highest BCUT2D eigenvalue weighted by atomic mass is 32.2. The van der Waals surface area contributed by atoms with Gasteiger partial charge in [-0.3, -0.25) is 9.69 Å². The molecule has 9 heteroatoms. The van der Waals surface area contributed by atoms with E-state index in [2.05, 4.69) is 21.4 Å². The second-order valence-corrected chi connectivity index (χ2v) is 11.2. The molecule has 5 rings (SSSR count). The van der Waals surface area contributed by atoms with Crippen LogP contribution in [-0.4, -0.2) is 56.3 Å². The lowest BCUT2D eigenvalue weighted by Gasteiger charge is -2.30. The molecule has 0 aliphatic carbocycles. The summed E-state index contributed by atoms with van der Waals surface area (Å²) in [4.78, 5) is 15.2. The van der Waals surface area contributed by atoms with Gasteiger partial charge in [-0.15, -0.1) is 0 Å². The van der Waals surface area contributed by atoms with Crippen molar-refractivity contribution in [2.45, 2.75) is 50.4 Å². The zero-order chi connectivity index (χ0) is 26.3. The van der Waals surface area contributed by atoms with Crippen LogP contribution in [0.4, 0.5) is 0 Å². The SMILES string of the molecule is CCNC(=O)c1noc(-c2cc(C(C)C)c(O)cc2O)c1-c1ccc(C(C#N)N2CC3CC2CS3)cc1. The first-order chi connectivity index (χ1) is 17.8. The highest BCUT2D eigenvalue weighted by Gasteiger charge is 2.42. The minimum atomic E-state index is -0.389. The Morgan fingerprint density at radius 1 is 1.27 bits per heavy atom. The summed E-state index contributed by atoms with van der Waals surface area (Å²) in [5.41, 5.74) is 3.10. The largest absolute Gasteiger partial charge is 0.508 e. The van der Waals surface area contributed by atoms with Gasteiger partial charge in [0, 0.05) is 36.2 Å². The number of phenols is 2. The molecule has 3 unspecified atom stereocenters. The van der Waals surface area contributed by atoms with Gasteiger partial charge in [0.25, 0.3) is 5.91 Å². The number of nitrogens with one attached hydrogen (secondary N) is 1. The Morgan fingerprint density at radius 3 is 2.62 bits per heavy atom. The predicted octanol–water partition coefficient (Wildman–Crippen LogP) is 5.05. The van der Waals surface area contributed by atoms with Crippen LogP contribution in [0.25, 0.3) is 22.5 Å². The van der Waals surface area contributed by atoms with E-state index in [9.17, 15) is 20.3 Å². The molecule has 2 aliphatic rings. The predicted molar refractivity (Wildman–Crippen MR) is 143 cm³/mol. The van der Waals surface area contributed by atoms with Gasteiger partial charge in [0.15, 0.2) is 11.5 Å². The number of amides is 1. The summed E-state index contributed by atoms with van der Waals surface area (Å²) in [7, 11) is 0.